The summed E-state index contributed by atoms with van der Waals surface area (Å²) in [5.74, 6) is -2.54. The van der Waals surface area contributed by atoms with Crippen molar-refractivity contribution in [1.29, 1.82) is 0 Å². The minimum Gasteiger partial charge on any atom is -0.393 e. The maximum absolute atomic E-state index is 14.5. The number of benzene rings is 1. The Morgan fingerprint density at radius 3 is 2.33 bits per heavy atom. The first-order valence-corrected chi connectivity index (χ1v) is 12.4. The van der Waals surface area contributed by atoms with E-state index >= 15 is 0 Å². The van der Waals surface area contributed by atoms with Gasteiger partial charge in [0.2, 0.25) is 11.9 Å². The van der Waals surface area contributed by atoms with Crippen molar-refractivity contribution in [3.8, 4) is 0 Å². The van der Waals surface area contributed by atoms with Crippen LogP contribution < -0.4 is 10.6 Å². The Kier molecular flexibility index (Phi) is 6.54. The third kappa shape index (κ3) is 4.99. The summed E-state index contributed by atoms with van der Waals surface area (Å²) in [6.45, 7) is 3.56. The van der Waals surface area contributed by atoms with Crippen molar-refractivity contribution in [1.82, 2.24) is 19.5 Å². The summed E-state index contributed by atoms with van der Waals surface area (Å²) < 4.78 is 44.2. The number of nitrogens with one attached hydrogen (secondary N) is 2. The van der Waals surface area contributed by atoms with Crippen LogP contribution in [0.5, 0.6) is 0 Å². The molecule has 2 fully saturated rings. The topological polar surface area (TPSA) is 108 Å². The summed E-state index contributed by atoms with van der Waals surface area (Å²) in [7, 11) is 0. The fourth-order valence-electron chi connectivity index (χ4n) is 5.40. The number of aliphatic hydroxyl groups excluding tert-OH is 1. The van der Waals surface area contributed by atoms with Crippen LogP contribution in [0.4, 0.5) is 30.8 Å². The number of aromatic nitrogens is 4. The van der Waals surface area contributed by atoms with Crippen LogP contribution in [0, 0.1) is 23.4 Å². The first kappa shape index (κ1) is 24.8. The van der Waals surface area contributed by atoms with Gasteiger partial charge in [-0.2, -0.15) is 4.98 Å². The van der Waals surface area contributed by atoms with Gasteiger partial charge in [0.1, 0.15) is 17.0 Å². The Bertz CT molecular complexity index is 1230. The van der Waals surface area contributed by atoms with Gasteiger partial charge in [-0.3, -0.25) is 4.57 Å². The smallest absolute Gasteiger partial charge is 0.224 e. The van der Waals surface area contributed by atoms with E-state index in [0.29, 0.717) is 48.5 Å². The average Bonchev–Trinajstić information content (AvgIpc) is 3.42. The quantitative estimate of drug-likeness (QED) is 0.381. The highest BCUT2D eigenvalue weighted by molar-refractivity contribution is 5.76. The van der Waals surface area contributed by atoms with E-state index in [9.17, 15) is 23.4 Å². The van der Waals surface area contributed by atoms with Gasteiger partial charge < -0.3 is 20.8 Å². The lowest BCUT2D eigenvalue weighted by atomic mass is 9.89. The molecule has 0 amide bonds. The molecule has 2 saturated carbocycles. The van der Waals surface area contributed by atoms with E-state index < -0.39 is 28.7 Å². The van der Waals surface area contributed by atoms with Crippen molar-refractivity contribution < 1.29 is 23.4 Å². The van der Waals surface area contributed by atoms with E-state index in [2.05, 4.69) is 20.6 Å². The van der Waals surface area contributed by atoms with Gasteiger partial charge in [-0.15, -0.1) is 0 Å². The molecular weight excluding hydrogens is 473 g/mol. The van der Waals surface area contributed by atoms with Crippen LogP contribution in [0.25, 0.3) is 11.2 Å². The van der Waals surface area contributed by atoms with Gasteiger partial charge in [-0.05, 0) is 64.7 Å². The predicted molar refractivity (Wildman–Crippen MR) is 129 cm³/mol. The molecule has 1 aromatic carbocycles. The van der Waals surface area contributed by atoms with Crippen LogP contribution in [0.1, 0.15) is 64.8 Å². The van der Waals surface area contributed by atoms with Crippen LogP contribution >= 0.6 is 0 Å². The molecule has 4 N–H and O–H groups in total. The molecule has 0 bridgehead atoms. The normalized spacial score (nSPS) is 24.9. The number of anilines is 3. The molecule has 8 nitrogen and oxygen atoms in total. The molecule has 194 valence electrons. The van der Waals surface area contributed by atoms with E-state index in [0.717, 1.165) is 25.7 Å². The van der Waals surface area contributed by atoms with Gasteiger partial charge in [0.05, 0.1) is 17.9 Å². The van der Waals surface area contributed by atoms with Crippen molar-refractivity contribution >= 4 is 28.7 Å². The highest BCUT2D eigenvalue weighted by atomic mass is 19.1. The largest absolute Gasteiger partial charge is 0.393 e. The lowest BCUT2D eigenvalue weighted by Gasteiger charge is -2.26. The number of rotatable bonds is 6. The molecule has 0 spiro atoms. The van der Waals surface area contributed by atoms with Crippen LogP contribution in [-0.2, 0) is 0 Å². The minimum absolute atomic E-state index is 0.0280. The number of nitrogens with zero attached hydrogens (tertiary/aromatic N) is 4. The zero-order chi connectivity index (χ0) is 25.6. The van der Waals surface area contributed by atoms with E-state index in [-0.39, 0.29) is 30.1 Å². The second-order valence-electron chi connectivity index (χ2n) is 10.5. The lowest BCUT2D eigenvalue weighted by Crippen LogP contribution is -2.29. The van der Waals surface area contributed by atoms with E-state index in [1.54, 1.807) is 24.6 Å². The van der Waals surface area contributed by atoms with Crippen LogP contribution in [-0.4, -0.2) is 47.5 Å². The summed E-state index contributed by atoms with van der Waals surface area (Å²) in [6.07, 6.45) is 6.42. The highest BCUT2D eigenvalue weighted by Crippen LogP contribution is 2.43. The Balaban J connectivity index is 1.52. The number of aliphatic hydroxyl groups is 2. The molecule has 3 aromatic rings. The Morgan fingerprint density at radius 1 is 1.00 bits per heavy atom. The molecule has 2 aromatic heterocycles. The number of imidazole rings is 1. The summed E-state index contributed by atoms with van der Waals surface area (Å²) in [6, 6.07) is 1.23. The standard InChI is InChI=1S/C25H31F3N6O2/c1-25(2,36)13-3-6-16(9-13)34-22-20(12-29-23(33-22)30-15-4-7-17(35)8-5-15)31-24(34)32-21-18(27)10-14(26)11-19(21)28/h10-13,15-17,35-36H,3-9H2,1-2H3,(H,31,32)(H,29,30,33)/t13-,15?,16+,17?/m1/s1. The second-order valence-corrected chi connectivity index (χ2v) is 10.5. The molecule has 0 saturated heterocycles. The zero-order valence-electron chi connectivity index (χ0n) is 20.3. The Morgan fingerprint density at radius 2 is 1.69 bits per heavy atom. The Labute approximate surface area is 207 Å². The molecule has 2 atom stereocenters. The van der Waals surface area contributed by atoms with Gasteiger partial charge in [0.15, 0.2) is 17.3 Å². The predicted octanol–water partition coefficient (Wildman–Crippen LogP) is 4.81. The van der Waals surface area contributed by atoms with Crippen molar-refractivity contribution in [3.63, 3.8) is 0 Å². The average molecular weight is 505 g/mol. The molecule has 11 heteroatoms. The van der Waals surface area contributed by atoms with Gasteiger partial charge >= 0.3 is 0 Å². The van der Waals surface area contributed by atoms with E-state index in [4.69, 9.17) is 4.98 Å². The summed E-state index contributed by atoms with van der Waals surface area (Å²) in [4.78, 5) is 13.6. The number of hydrogen-bond acceptors (Lipinski definition) is 7. The van der Waals surface area contributed by atoms with Crippen molar-refractivity contribution in [2.24, 2.45) is 5.92 Å². The third-order valence-corrected chi connectivity index (χ3v) is 7.48. The lowest BCUT2D eigenvalue weighted by molar-refractivity contribution is 0.0186. The number of fused-ring (bicyclic) bond motifs is 1. The first-order valence-electron chi connectivity index (χ1n) is 12.4. The first-order chi connectivity index (χ1) is 17.1. The van der Waals surface area contributed by atoms with Gasteiger partial charge in [-0.1, -0.05) is 0 Å². The van der Waals surface area contributed by atoms with E-state index in [1.807, 2.05) is 0 Å². The molecule has 5 rings (SSSR count). The Hall–Kier alpha value is -2.92. The van der Waals surface area contributed by atoms with Crippen molar-refractivity contribution in [2.75, 3.05) is 10.6 Å². The molecular formula is C25H31F3N6O2. The highest BCUT2D eigenvalue weighted by Gasteiger charge is 2.37. The zero-order valence-corrected chi connectivity index (χ0v) is 20.3. The summed E-state index contributed by atoms with van der Waals surface area (Å²) in [5, 5.41) is 26.4. The van der Waals surface area contributed by atoms with Gasteiger partial charge in [0, 0.05) is 24.2 Å². The third-order valence-electron chi connectivity index (χ3n) is 7.48. The maximum Gasteiger partial charge on any atom is 0.224 e. The maximum atomic E-state index is 14.5. The molecule has 0 aliphatic heterocycles. The molecule has 0 unspecified atom stereocenters. The fraction of sp³-hybridized carbons (Fsp3) is 0.560. The minimum atomic E-state index is -1.07. The van der Waals surface area contributed by atoms with Gasteiger partial charge in [0.25, 0.3) is 0 Å². The molecule has 0 radical (unpaired) electrons. The van der Waals surface area contributed by atoms with Crippen LogP contribution in [0.2, 0.25) is 0 Å². The monoisotopic (exact) mass is 504 g/mol. The molecule has 2 aliphatic carbocycles. The second kappa shape index (κ2) is 9.51. The van der Waals surface area contributed by atoms with E-state index in [1.165, 1.54) is 0 Å². The van der Waals surface area contributed by atoms with Crippen LogP contribution in [0.15, 0.2) is 18.3 Å². The summed E-state index contributed by atoms with van der Waals surface area (Å²) in [5.41, 5.74) is -0.440. The molecule has 2 aliphatic rings. The number of hydrogen-bond donors (Lipinski definition) is 4. The van der Waals surface area contributed by atoms with Gasteiger partial charge in [-0.25, -0.2) is 23.1 Å². The van der Waals surface area contributed by atoms with Crippen molar-refractivity contribution in [2.45, 2.75) is 82.6 Å². The fourth-order valence-corrected chi connectivity index (χ4v) is 5.40. The summed E-state index contributed by atoms with van der Waals surface area (Å²) >= 11 is 0. The molecule has 36 heavy (non-hydrogen) atoms. The van der Waals surface area contributed by atoms with Crippen molar-refractivity contribution in [3.05, 3.63) is 35.8 Å². The molecule has 2 heterocycles. The SMILES string of the molecule is CC(C)(O)[C@@H]1CC[C@H](n2c(Nc3c(F)cc(F)cc3F)nc3cnc(NC4CCC(O)CC4)nc32)C1. The van der Waals surface area contributed by atoms with Crippen LogP contribution in [0.3, 0.4) is 0 Å². The number of halogens is 3.